The standard InChI is InChI=1S/C18H26N2O5S/c1-13(2)16(18(22)23)19-17(21)14-7-9-15(10-8-14)26(24,25)20-11-5-3-4-6-12-20/h7-10,13,16H,3-6,11-12H2,1-2H3,(H,19,21)(H,22,23)/t16-/m0/s1. The highest BCUT2D eigenvalue weighted by Crippen LogP contribution is 2.20. The number of rotatable bonds is 6. The summed E-state index contributed by atoms with van der Waals surface area (Å²) in [5.74, 6) is -1.90. The van der Waals surface area contributed by atoms with Crippen molar-refractivity contribution >= 4 is 21.9 Å². The van der Waals surface area contributed by atoms with Crippen LogP contribution in [0, 0.1) is 5.92 Å². The lowest BCUT2D eigenvalue weighted by molar-refractivity contribution is -0.140. The van der Waals surface area contributed by atoms with Gasteiger partial charge in [-0.05, 0) is 43.0 Å². The van der Waals surface area contributed by atoms with Crippen molar-refractivity contribution in [3.8, 4) is 0 Å². The van der Waals surface area contributed by atoms with Crippen molar-refractivity contribution in [2.75, 3.05) is 13.1 Å². The van der Waals surface area contributed by atoms with Gasteiger partial charge in [-0.15, -0.1) is 0 Å². The van der Waals surface area contributed by atoms with E-state index >= 15 is 0 Å². The molecular weight excluding hydrogens is 356 g/mol. The third kappa shape index (κ3) is 4.82. The van der Waals surface area contributed by atoms with Gasteiger partial charge < -0.3 is 10.4 Å². The van der Waals surface area contributed by atoms with Gasteiger partial charge in [0.05, 0.1) is 4.90 Å². The summed E-state index contributed by atoms with van der Waals surface area (Å²) in [6.07, 6.45) is 3.77. The Kier molecular flexibility index (Phi) is 6.77. The molecule has 0 aromatic heterocycles. The first-order chi connectivity index (χ1) is 12.2. The van der Waals surface area contributed by atoms with E-state index in [0.29, 0.717) is 13.1 Å². The number of hydrogen-bond donors (Lipinski definition) is 2. The molecule has 0 saturated carbocycles. The van der Waals surface area contributed by atoms with Crippen molar-refractivity contribution < 1.29 is 23.1 Å². The Morgan fingerprint density at radius 3 is 2.04 bits per heavy atom. The summed E-state index contributed by atoms with van der Waals surface area (Å²) in [5.41, 5.74) is 0.228. The van der Waals surface area contributed by atoms with E-state index in [4.69, 9.17) is 5.11 Å². The van der Waals surface area contributed by atoms with E-state index < -0.39 is 27.9 Å². The van der Waals surface area contributed by atoms with Crippen LogP contribution in [0.15, 0.2) is 29.2 Å². The third-order valence-corrected chi connectivity index (χ3v) is 6.45. The van der Waals surface area contributed by atoms with Crippen LogP contribution in [0.2, 0.25) is 0 Å². The predicted octanol–water partition coefficient (Wildman–Crippen LogP) is 2.09. The second-order valence-electron chi connectivity index (χ2n) is 6.88. The van der Waals surface area contributed by atoms with Crippen LogP contribution in [0.5, 0.6) is 0 Å². The number of nitrogens with zero attached hydrogens (tertiary/aromatic N) is 1. The van der Waals surface area contributed by atoms with Gasteiger partial charge in [-0.2, -0.15) is 4.31 Å². The summed E-state index contributed by atoms with van der Waals surface area (Å²) in [6.45, 7) is 4.43. The van der Waals surface area contributed by atoms with Crippen LogP contribution in [0.25, 0.3) is 0 Å². The van der Waals surface area contributed by atoms with E-state index in [1.54, 1.807) is 13.8 Å². The molecule has 144 valence electrons. The fourth-order valence-corrected chi connectivity index (χ4v) is 4.46. The van der Waals surface area contributed by atoms with Crippen LogP contribution in [0.1, 0.15) is 49.9 Å². The van der Waals surface area contributed by atoms with Gasteiger partial charge in [0, 0.05) is 18.7 Å². The van der Waals surface area contributed by atoms with Gasteiger partial charge in [-0.25, -0.2) is 13.2 Å². The van der Waals surface area contributed by atoms with Gasteiger partial charge in [-0.3, -0.25) is 4.79 Å². The van der Waals surface area contributed by atoms with E-state index in [-0.39, 0.29) is 16.4 Å². The van der Waals surface area contributed by atoms with E-state index in [1.165, 1.54) is 28.6 Å². The molecule has 7 nitrogen and oxygen atoms in total. The molecule has 26 heavy (non-hydrogen) atoms. The summed E-state index contributed by atoms with van der Waals surface area (Å²) < 4.78 is 26.9. The van der Waals surface area contributed by atoms with Gasteiger partial charge in [0.25, 0.3) is 5.91 Å². The third-order valence-electron chi connectivity index (χ3n) is 4.54. The molecule has 2 rings (SSSR count). The maximum absolute atomic E-state index is 12.7. The number of nitrogens with one attached hydrogen (secondary N) is 1. The molecule has 1 aromatic rings. The molecule has 0 radical (unpaired) electrons. The minimum Gasteiger partial charge on any atom is -0.480 e. The topological polar surface area (TPSA) is 104 Å². The SMILES string of the molecule is CC(C)[C@H](NC(=O)c1ccc(S(=O)(=O)N2CCCCCC2)cc1)C(=O)O. The molecule has 0 aliphatic carbocycles. The summed E-state index contributed by atoms with van der Waals surface area (Å²) >= 11 is 0. The molecule has 1 aromatic carbocycles. The van der Waals surface area contributed by atoms with Gasteiger partial charge in [-0.1, -0.05) is 26.7 Å². The van der Waals surface area contributed by atoms with E-state index in [0.717, 1.165) is 25.7 Å². The lowest BCUT2D eigenvalue weighted by Gasteiger charge is -2.20. The summed E-state index contributed by atoms with van der Waals surface area (Å²) in [7, 11) is -3.57. The fourth-order valence-electron chi connectivity index (χ4n) is 2.95. The normalized spacial score (nSPS) is 17.5. The van der Waals surface area contributed by atoms with Crippen molar-refractivity contribution in [2.24, 2.45) is 5.92 Å². The molecule has 1 fully saturated rings. The van der Waals surface area contributed by atoms with Crippen LogP contribution in [0.4, 0.5) is 0 Å². The maximum atomic E-state index is 12.7. The quantitative estimate of drug-likeness (QED) is 0.784. The van der Waals surface area contributed by atoms with E-state index in [1.807, 2.05) is 0 Å². The lowest BCUT2D eigenvalue weighted by Crippen LogP contribution is -2.44. The van der Waals surface area contributed by atoms with E-state index in [2.05, 4.69) is 5.32 Å². The first-order valence-electron chi connectivity index (χ1n) is 8.87. The number of carbonyl (C=O) groups excluding carboxylic acids is 1. The second kappa shape index (κ2) is 8.64. The zero-order valence-electron chi connectivity index (χ0n) is 15.1. The van der Waals surface area contributed by atoms with Crippen LogP contribution >= 0.6 is 0 Å². The van der Waals surface area contributed by atoms with Crippen LogP contribution < -0.4 is 5.32 Å². The predicted molar refractivity (Wildman–Crippen MR) is 97.4 cm³/mol. The van der Waals surface area contributed by atoms with Gasteiger partial charge >= 0.3 is 5.97 Å². The summed E-state index contributed by atoms with van der Waals surface area (Å²) in [6, 6.07) is 4.64. The van der Waals surface area contributed by atoms with Gasteiger partial charge in [0.2, 0.25) is 10.0 Å². The number of aliphatic carboxylic acids is 1. The molecule has 1 amide bonds. The number of sulfonamides is 1. The maximum Gasteiger partial charge on any atom is 0.326 e. The largest absolute Gasteiger partial charge is 0.480 e. The van der Waals surface area contributed by atoms with Crippen LogP contribution in [-0.4, -0.2) is 48.8 Å². The number of hydrogen-bond acceptors (Lipinski definition) is 4. The molecule has 1 heterocycles. The average Bonchev–Trinajstić information content (AvgIpc) is 2.89. The molecule has 0 bridgehead atoms. The van der Waals surface area contributed by atoms with Crippen molar-refractivity contribution in [3.05, 3.63) is 29.8 Å². The number of carboxylic acids is 1. The fraction of sp³-hybridized carbons (Fsp3) is 0.556. The number of carbonyl (C=O) groups is 2. The van der Waals surface area contributed by atoms with Crippen molar-refractivity contribution in [1.29, 1.82) is 0 Å². The van der Waals surface area contributed by atoms with Gasteiger partial charge in [0.1, 0.15) is 6.04 Å². The lowest BCUT2D eigenvalue weighted by atomic mass is 10.0. The smallest absolute Gasteiger partial charge is 0.326 e. The molecule has 0 spiro atoms. The van der Waals surface area contributed by atoms with Crippen LogP contribution in [-0.2, 0) is 14.8 Å². The minimum absolute atomic E-state index is 0.148. The first kappa shape index (κ1) is 20.4. The highest BCUT2D eigenvalue weighted by atomic mass is 32.2. The Hall–Kier alpha value is -1.93. The number of benzene rings is 1. The Labute approximate surface area is 154 Å². The molecule has 2 N–H and O–H groups in total. The van der Waals surface area contributed by atoms with Crippen molar-refractivity contribution in [2.45, 2.75) is 50.5 Å². The highest BCUT2D eigenvalue weighted by molar-refractivity contribution is 7.89. The molecule has 0 unspecified atom stereocenters. The molecule has 1 atom stereocenters. The number of carboxylic acid groups (broad SMARTS) is 1. The van der Waals surface area contributed by atoms with Crippen molar-refractivity contribution in [3.63, 3.8) is 0 Å². The zero-order valence-corrected chi connectivity index (χ0v) is 16.0. The van der Waals surface area contributed by atoms with Crippen molar-refractivity contribution in [1.82, 2.24) is 9.62 Å². The average molecular weight is 382 g/mol. The molecule has 1 aliphatic heterocycles. The second-order valence-corrected chi connectivity index (χ2v) is 8.81. The molecule has 8 heteroatoms. The number of amides is 1. The van der Waals surface area contributed by atoms with E-state index in [9.17, 15) is 18.0 Å². The Morgan fingerprint density at radius 2 is 1.58 bits per heavy atom. The zero-order chi connectivity index (χ0) is 19.3. The molecule has 1 saturated heterocycles. The Morgan fingerprint density at radius 1 is 1.04 bits per heavy atom. The summed E-state index contributed by atoms with van der Waals surface area (Å²) in [4.78, 5) is 23.6. The molecule has 1 aliphatic rings. The highest BCUT2D eigenvalue weighted by Gasteiger charge is 2.26. The minimum atomic E-state index is -3.57. The molecular formula is C18H26N2O5S. The van der Waals surface area contributed by atoms with Crippen LogP contribution in [0.3, 0.4) is 0 Å². The Balaban J connectivity index is 2.14. The first-order valence-corrected chi connectivity index (χ1v) is 10.3. The monoisotopic (exact) mass is 382 g/mol. The Bertz CT molecular complexity index is 735. The summed E-state index contributed by atoms with van der Waals surface area (Å²) in [5, 5.41) is 11.6. The van der Waals surface area contributed by atoms with Gasteiger partial charge in [0.15, 0.2) is 0 Å².